The Kier molecular flexibility index (Phi) is 3.61. The topological polar surface area (TPSA) is 52.0 Å². The van der Waals surface area contributed by atoms with E-state index in [9.17, 15) is 9.59 Å². The van der Waals surface area contributed by atoms with Gasteiger partial charge in [-0.3, -0.25) is 14.2 Å². The molecule has 6 heteroatoms. The zero-order valence-corrected chi connectivity index (χ0v) is 12.7. The van der Waals surface area contributed by atoms with Crippen molar-refractivity contribution in [1.29, 1.82) is 0 Å². The summed E-state index contributed by atoms with van der Waals surface area (Å²) in [4.78, 5) is 28.8. The van der Waals surface area contributed by atoms with Crippen molar-refractivity contribution in [3.63, 3.8) is 0 Å². The third-order valence-electron chi connectivity index (χ3n) is 3.20. The van der Waals surface area contributed by atoms with Crippen LogP contribution in [-0.4, -0.2) is 15.3 Å². The molecule has 0 atom stereocenters. The molecule has 3 rings (SSSR count). The molecule has 2 aromatic heterocycles. The molecular weight excluding hydrogens is 308 g/mol. The summed E-state index contributed by atoms with van der Waals surface area (Å²) in [6, 6.07) is 6.61. The molecule has 2 heterocycles. The molecule has 3 aromatic rings. The highest BCUT2D eigenvalue weighted by molar-refractivity contribution is 7.17. The second-order valence-corrected chi connectivity index (χ2v) is 6.02. The second-order valence-electron chi connectivity index (χ2n) is 4.70. The van der Waals surface area contributed by atoms with Gasteiger partial charge in [-0.05, 0) is 42.1 Å². The van der Waals surface area contributed by atoms with Crippen molar-refractivity contribution < 1.29 is 4.79 Å². The van der Waals surface area contributed by atoms with Gasteiger partial charge in [-0.15, -0.1) is 11.3 Å². The van der Waals surface area contributed by atoms with Gasteiger partial charge in [-0.2, -0.15) is 0 Å². The van der Waals surface area contributed by atoms with E-state index in [0.717, 1.165) is 5.56 Å². The van der Waals surface area contributed by atoms with Crippen molar-refractivity contribution in [1.82, 2.24) is 9.55 Å². The van der Waals surface area contributed by atoms with Crippen molar-refractivity contribution in [3.8, 4) is 0 Å². The maximum absolute atomic E-state index is 12.3. The third-order valence-corrected chi connectivity index (χ3v) is 4.53. The van der Waals surface area contributed by atoms with Gasteiger partial charge in [-0.25, -0.2) is 4.98 Å². The van der Waals surface area contributed by atoms with Crippen molar-refractivity contribution in [2.24, 2.45) is 0 Å². The Morgan fingerprint density at radius 1 is 1.33 bits per heavy atom. The summed E-state index contributed by atoms with van der Waals surface area (Å²) in [5.74, 6) is -0.150. The van der Waals surface area contributed by atoms with Gasteiger partial charge in [0.25, 0.3) is 5.56 Å². The number of carbonyl (C=O) groups is 1. The number of rotatable bonds is 3. The van der Waals surface area contributed by atoms with Gasteiger partial charge in [-0.1, -0.05) is 11.6 Å². The van der Waals surface area contributed by atoms with Crippen LogP contribution in [0.1, 0.15) is 15.9 Å². The molecule has 0 fully saturated rings. The van der Waals surface area contributed by atoms with Gasteiger partial charge in [0.15, 0.2) is 5.78 Å². The summed E-state index contributed by atoms with van der Waals surface area (Å²) in [6.07, 6.45) is 1.43. The summed E-state index contributed by atoms with van der Waals surface area (Å²) in [5, 5.41) is 2.46. The lowest BCUT2D eigenvalue weighted by atomic mass is 10.1. The Morgan fingerprint density at radius 3 is 2.76 bits per heavy atom. The molecule has 0 bridgehead atoms. The predicted molar refractivity (Wildman–Crippen MR) is 84.4 cm³/mol. The number of thiophene rings is 1. The van der Waals surface area contributed by atoms with Crippen molar-refractivity contribution in [3.05, 3.63) is 62.5 Å². The first-order chi connectivity index (χ1) is 10.1. The minimum Gasteiger partial charge on any atom is -0.292 e. The number of ketones is 1. The molecule has 4 nitrogen and oxygen atoms in total. The smallest absolute Gasteiger partial charge is 0.271 e. The normalized spacial score (nSPS) is 11.0. The lowest BCUT2D eigenvalue weighted by Gasteiger charge is -2.05. The van der Waals surface area contributed by atoms with E-state index < -0.39 is 0 Å². The van der Waals surface area contributed by atoms with Crippen molar-refractivity contribution >= 4 is 38.9 Å². The highest BCUT2D eigenvalue weighted by Crippen LogP contribution is 2.19. The van der Waals surface area contributed by atoms with E-state index >= 15 is 0 Å². The summed E-state index contributed by atoms with van der Waals surface area (Å²) >= 11 is 7.15. The van der Waals surface area contributed by atoms with Crippen molar-refractivity contribution in [2.45, 2.75) is 13.5 Å². The first-order valence-electron chi connectivity index (χ1n) is 6.28. The molecule has 0 aliphatic heterocycles. The number of fused-ring (bicyclic) bond motifs is 1. The van der Waals surface area contributed by atoms with Gasteiger partial charge in [0.1, 0.15) is 4.70 Å². The van der Waals surface area contributed by atoms with Gasteiger partial charge in [0.05, 0.1) is 18.4 Å². The summed E-state index contributed by atoms with van der Waals surface area (Å²) < 4.78 is 1.92. The molecule has 0 spiro atoms. The van der Waals surface area contributed by atoms with Gasteiger partial charge in [0.2, 0.25) is 0 Å². The Balaban J connectivity index is 1.94. The van der Waals surface area contributed by atoms with Crippen LogP contribution >= 0.6 is 22.9 Å². The zero-order chi connectivity index (χ0) is 15.0. The SMILES string of the molecule is Cc1csc2c(=O)n(CC(=O)c3ccc(Cl)cc3)cnc12. The summed E-state index contributed by atoms with van der Waals surface area (Å²) in [5.41, 5.74) is 2.03. The van der Waals surface area contributed by atoms with Gasteiger partial charge < -0.3 is 0 Å². The molecule has 0 aliphatic rings. The number of carbonyl (C=O) groups excluding carboxylic acids is 1. The zero-order valence-electron chi connectivity index (χ0n) is 11.2. The first-order valence-corrected chi connectivity index (χ1v) is 7.54. The molecular formula is C15H11ClN2O2S. The van der Waals surface area contributed by atoms with Crippen LogP contribution in [0, 0.1) is 6.92 Å². The number of Topliss-reactive ketones (excluding diaryl/α,β-unsaturated/α-hetero) is 1. The molecule has 0 N–H and O–H groups in total. The maximum atomic E-state index is 12.3. The van der Waals surface area contributed by atoms with E-state index in [1.807, 2.05) is 12.3 Å². The Morgan fingerprint density at radius 2 is 2.05 bits per heavy atom. The highest BCUT2D eigenvalue weighted by atomic mass is 35.5. The standard InChI is InChI=1S/C15H11ClN2O2S/c1-9-7-21-14-13(9)17-8-18(15(14)20)6-12(19)10-2-4-11(16)5-3-10/h2-5,7-8H,6H2,1H3. The van der Waals surface area contributed by atoms with Crippen LogP contribution < -0.4 is 5.56 Å². The van der Waals surface area contributed by atoms with Crippen LogP contribution in [0.3, 0.4) is 0 Å². The minimum absolute atomic E-state index is 0.0274. The Labute approximate surface area is 129 Å². The number of benzene rings is 1. The number of nitrogens with zero attached hydrogens (tertiary/aromatic N) is 2. The van der Waals surface area contributed by atoms with E-state index in [-0.39, 0.29) is 17.9 Å². The van der Waals surface area contributed by atoms with Gasteiger partial charge in [0, 0.05) is 10.6 Å². The average Bonchev–Trinajstić information content (AvgIpc) is 2.85. The van der Waals surface area contributed by atoms with Crippen molar-refractivity contribution in [2.75, 3.05) is 0 Å². The lowest BCUT2D eigenvalue weighted by Crippen LogP contribution is -2.24. The van der Waals surface area contributed by atoms with Crippen LogP contribution in [0.4, 0.5) is 0 Å². The van der Waals surface area contributed by atoms with E-state index in [2.05, 4.69) is 4.98 Å². The first kappa shape index (κ1) is 14.0. The molecule has 0 amide bonds. The molecule has 0 radical (unpaired) electrons. The fourth-order valence-electron chi connectivity index (χ4n) is 2.05. The second kappa shape index (κ2) is 5.42. The molecule has 0 saturated carbocycles. The summed E-state index contributed by atoms with van der Waals surface area (Å²) in [7, 11) is 0. The number of aryl methyl sites for hydroxylation is 1. The van der Waals surface area contributed by atoms with E-state index in [0.29, 0.717) is 20.8 Å². The number of aromatic nitrogens is 2. The van der Waals surface area contributed by atoms with Crippen LogP contribution in [0.5, 0.6) is 0 Å². The van der Waals surface area contributed by atoms with E-state index in [4.69, 9.17) is 11.6 Å². The molecule has 21 heavy (non-hydrogen) atoms. The van der Waals surface area contributed by atoms with Crippen LogP contribution in [0.25, 0.3) is 10.2 Å². The van der Waals surface area contributed by atoms with Gasteiger partial charge >= 0.3 is 0 Å². The fourth-order valence-corrected chi connectivity index (χ4v) is 3.13. The average molecular weight is 319 g/mol. The molecule has 0 aliphatic carbocycles. The molecule has 106 valence electrons. The fraction of sp³-hybridized carbons (Fsp3) is 0.133. The largest absolute Gasteiger partial charge is 0.292 e. The van der Waals surface area contributed by atoms with E-state index in [1.54, 1.807) is 24.3 Å². The number of halogens is 1. The monoisotopic (exact) mass is 318 g/mol. The Hall–Kier alpha value is -1.98. The number of hydrogen-bond donors (Lipinski definition) is 0. The lowest BCUT2D eigenvalue weighted by molar-refractivity contribution is 0.0970. The van der Waals surface area contributed by atoms with E-state index in [1.165, 1.54) is 22.2 Å². The van der Waals surface area contributed by atoms with Crippen LogP contribution in [-0.2, 0) is 6.54 Å². The highest BCUT2D eigenvalue weighted by Gasteiger charge is 2.12. The van der Waals surface area contributed by atoms with Crippen LogP contribution in [0.15, 0.2) is 40.8 Å². The minimum atomic E-state index is -0.180. The number of hydrogen-bond acceptors (Lipinski definition) is 4. The van der Waals surface area contributed by atoms with Crippen LogP contribution in [0.2, 0.25) is 5.02 Å². The maximum Gasteiger partial charge on any atom is 0.271 e. The molecule has 0 saturated heterocycles. The predicted octanol–water partition coefficient (Wildman–Crippen LogP) is 3.30. The summed E-state index contributed by atoms with van der Waals surface area (Å²) in [6.45, 7) is 1.88. The molecule has 0 unspecified atom stereocenters. The third kappa shape index (κ3) is 2.62. The molecule has 1 aromatic carbocycles. The quantitative estimate of drug-likeness (QED) is 0.696. The Bertz CT molecular complexity index is 881.